The van der Waals surface area contributed by atoms with Gasteiger partial charge in [0.1, 0.15) is 0 Å². The van der Waals surface area contributed by atoms with E-state index >= 15 is 0 Å². The molecule has 0 radical (unpaired) electrons. The number of aromatic nitrogens is 1. The summed E-state index contributed by atoms with van der Waals surface area (Å²) in [6, 6.07) is 6.55. The number of rotatable bonds is 1. The van der Waals surface area contributed by atoms with Gasteiger partial charge in [0.05, 0.1) is 10.5 Å². The van der Waals surface area contributed by atoms with Gasteiger partial charge in [-0.2, -0.15) is 0 Å². The van der Waals surface area contributed by atoms with E-state index in [1.54, 1.807) is 0 Å². The Morgan fingerprint density at radius 2 is 2.06 bits per heavy atom. The largest absolute Gasteiger partial charge is 0.344 e. The minimum atomic E-state index is 0.598. The Labute approximate surface area is 118 Å². The van der Waals surface area contributed by atoms with E-state index in [9.17, 15) is 0 Å². The van der Waals surface area contributed by atoms with Crippen molar-refractivity contribution in [2.45, 2.75) is 38.6 Å². The third kappa shape index (κ3) is 2.15. The molecule has 1 aliphatic rings. The normalized spacial score (nSPS) is 24.6. The Bertz CT molecular complexity index is 573. The first-order valence-electron chi connectivity index (χ1n) is 6.61. The van der Waals surface area contributed by atoms with E-state index in [1.807, 2.05) is 12.1 Å². The van der Waals surface area contributed by atoms with Crippen LogP contribution < -0.4 is 0 Å². The lowest BCUT2D eigenvalue weighted by Gasteiger charge is -2.28. The summed E-state index contributed by atoms with van der Waals surface area (Å²) in [6.07, 6.45) is 7.36. The minimum Gasteiger partial charge on any atom is -0.344 e. The van der Waals surface area contributed by atoms with Crippen molar-refractivity contribution in [3.63, 3.8) is 0 Å². The van der Waals surface area contributed by atoms with Gasteiger partial charge in [-0.3, -0.25) is 0 Å². The summed E-state index contributed by atoms with van der Waals surface area (Å²) >= 11 is 12.4. The summed E-state index contributed by atoms with van der Waals surface area (Å²) in [5.41, 5.74) is 1.17. The molecular formula is C15H17Cl2N. The van der Waals surface area contributed by atoms with Crippen molar-refractivity contribution >= 4 is 34.1 Å². The van der Waals surface area contributed by atoms with Crippen molar-refractivity contribution in [2.75, 3.05) is 0 Å². The van der Waals surface area contributed by atoms with Crippen molar-refractivity contribution in [3.8, 4) is 0 Å². The van der Waals surface area contributed by atoms with Crippen LogP contribution >= 0.6 is 23.2 Å². The fourth-order valence-corrected chi connectivity index (χ4v) is 3.70. The number of halogens is 2. The number of benzene rings is 1. The lowest BCUT2D eigenvalue weighted by molar-refractivity contribution is 0.287. The molecule has 18 heavy (non-hydrogen) atoms. The first kappa shape index (κ1) is 12.4. The maximum absolute atomic E-state index is 6.25. The molecule has 0 N–H and O–H groups in total. The quantitative estimate of drug-likeness (QED) is 0.632. The second kappa shape index (κ2) is 4.79. The molecule has 0 aliphatic heterocycles. The SMILES string of the molecule is CC1CCCC(n2ccc3c(Cl)cc(Cl)cc32)C1. The van der Waals surface area contributed by atoms with Gasteiger partial charge in [0.2, 0.25) is 0 Å². The summed E-state index contributed by atoms with van der Waals surface area (Å²) < 4.78 is 2.36. The molecule has 1 heterocycles. The highest BCUT2D eigenvalue weighted by atomic mass is 35.5. The molecule has 1 aromatic heterocycles. The fraction of sp³-hybridized carbons (Fsp3) is 0.467. The maximum atomic E-state index is 6.25. The molecule has 1 saturated carbocycles. The number of hydrogen-bond donors (Lipinski definition) is 0. The number of fused-ring (bicyclic) bond motifs is 1. The Kier molecular flexibility index (Phi) is 3.29. The standard InChI is InChI=1S/C15H17Cl2N/c1-10-3-2-4-12(7-10)18-6-5-13-14(17)8-11(16)9-15(13)18/h5-6,8-10,12H,2-4,7H2,1H3. The van der Waals surface area contributed by atoms with Crippen LogP contribution in [0.4, 0.5) is 0 Å². The zero-order chi connectivity index (χ0) is 12.7. The third-order valence-corrected chi connectivity index (χ3v) is 4.59. The Morgan fingerprint density at radius 1 is 1.22 bits per heavy atom. The summed E-state index contributed by atoms with van der Waals surface area (Å²) in [6.45, 7) is 2.35. The van der Waals surface area contributed by atoms with Crippen molar-refractivity contribution in [1.82, 2.24) is 4.57 Å². The summed E-state index contributed by atoms with van der Waals surface area (Å²) in [5.74, 6) is 0.816. The Hall–Kier alpha value is -0.660. The molecule has 1 aromatic carbocycles. The first-order valence-corrected chi connectivity index (χ1v) is 7.36. The molecule has 1 fully saturated rings. The number of nitrogens with zero attached hydrogens (tertiary/aromatic N) is 1. The second-order valence-corrected chi connectivity index (χ2v) is 6.31. The average molecular weight is 282 g/mol. The smallest absolute Gasteiger partial charge is 0.0514 e. The van der Waals surface area contributed by atoms with E-state index in [2.05, 4.69) is 23.8 Å². The molecular weight excluding hydrogens is 265 g/mol. The first-order chi connectivity index (χ1) is 8.65. The number of hydrogen-bond acceptors (Lipinski definition) is 0. The minimum absolute atomic E-state index is 0.598. The lowest BCUT2D eigenvalue weighted by atomic mass is 9.87. The molecule has 1 nitrogen and oxygen atoms in total. The fourth-order valence-electron chi connectivity index (χ4n) is 3.16. The van der Waals surface area contributed by atoms with Crippen LogP contribution in [0.15, 0.2) is 24.4 Å². The van der Waals surface area contributed by atoms with Crippen molar-refractivity contribution in [3.05, 3.63) is 34.4 Å². The van der Waals surface area contributed by atoms with Crippen molar-refractivity contribution in [1.29, 1.82) is 0 Å². The van der Waals surface area contributed by atoms with E-state index in [4.69, 9.17) is 23.2 Å². The highest BCUT2D eigenvalue weighted by Gasteiger charge is 2.21. The summed E-state index contributed by atoms with van der Waals surface area (Å²) in [5, 5.41) is 2.58. The molecule has 1 aliphatic carbocycles. The zero-order valence-corrected chi connectivity index (χ0v) is 12.0. The van der Waals surface area contributed by atoms with Gasteiger partial charge < -0.3 is 4.57 Å². The van der Waals surface area contributed by atoms with Gasteiger partial charge in [0.15, 0.2) is 0 Å². The molecule has 2 atom stereocenters. The van der Waals surface area contributed by atoms with Crippen LogP contribution in [0, 0.1) is 5.92 Å². The second-order valence-electron chi connectivity index (χ2n) is 5.47. The molecule has 3 heteroatoms. The van der Waals surface area contributed by atoms with Crippen LogP contribution in [-0.2, 0) is 0 Å². The highest BCUT2D eigenvalue weighted by molar-refractivity contribution is 6.38. The molecule has 3 rings (SSSR count). The van der Waals surface area contributed by atoms with E-state index in [0.717, 1.165) is 21.3 Å². The maximum Gasteiger partial charge on any atom is 0.0514 e. The Balaban J connectivity index is 2.06. The van der Waals surface area contributed by atoms with Crippen LogP contribution in [0.5, 0.6) is 0 Å². The molecule has 0 amide bonds. The monoisotopic (exact) mass is 281 g/mol. The van der Waals surface area contributed by atoms with Crippen LogP contribution in [0.1, 0.15) is 38.6 Å². The van der Waals surface area contributed by atoms with Crippen molar-refractivity contribution < 1.29 is 0 Å². The molecule has 2 unspecified atom stereocenters. The average Bonchev–Trinajstić information content (AvgIpc) is 2.72. The lowest BCUT2D eigenvalue weighted by Crippen LogP contribution is -2.16. The van der Waals surface area contributed by atoms with Gasteiger partial charge in [-0.25, -0.2) is 0 Å². The topological polar surface area (TPSA) is 4.93 Å². The summed E-state index contributed by atoms with van der Waals surface area (Å²) in [7, 11) is 0. The molecule has 96 valence electrons. The molecule has 0 spiro atoms. The van der Waals surface area contributed by atoms with Crippen molar-refractivity contribution in [2.24, 2.45) is 5.92 Å². The zero-order valence-electron chi connectivity index (χ0n) is 10.5. The summed E-state index contributed by atoms with van der Waals surface area (Å²) in [4.78, 5) is 0. The predicted molar refractivity (Wildman–Crippen MR) is 78.6 cm³/mol. The highest BCUT2D eigenvalue weighted by Crippen LogP contribution is 2.37. The van der Waals surface area contributed by atoms with Crippen LogP contribution in [0.2, 0.25) is 10.0 Å². The van der Waals surface area contributed by atoms with Crippen LogP contribution in [0.25, 0.3) is 10.9 Å². The molecule has 2 aromatic rings. The van der Waals surface area contributed by atoms with Crippen LogP contribution in [-0.4, -0.2) is 4.57 Å². The predicted octanol–water partition coefficient (Wildman–Crippen LogP) is 5.70. The van der Waals surface area contributed by atoms with Gasteiger partial charge in [0, 0.05) is 22.6 Å². The third-order valence-electron chi connectivity index (χ3n) is 4.05. The van der Waals surface area contributed by atoms with Crippen LogP contribution in [0.3, 0.4) is 0 Å². The van der Waals surface area contributed by atoms with E-state index < -0.39 is 0 Å². The Morgan fingerprint density at radius 3 is 2.83 bits per heavy atom. The van der Waals surface area contributed by atoms with Gasteiger partial charge in [-0.05, 0) is 37.0 Å². The van der Waals surface area contributed by atoms with Gasteiger partial charge in [-0.15, -0.1) is 0 Å². The molecule has 0 saturated heterocycles. The van der Waals surface area contributed by atoms with E-state index in [1.165, 1.54) is 31.2 Å². The molecule has 0 bridgehead atoms. The van der Waals surface area contributed by atoms with Gasteiger partial charge in [-0.1, -0.05) is 43.0 Å². The van der Waals surface area contributed by atoms with E-state index in [-0.39, 0.29) is 0 Å². The van der Waals surface area contributed by atoms with Gasteiger partial charge in [0.25, 0.3) is 0 Å². The van der Waals surface area contributed by atoms with Gasteiger partial charge >= 0.3 is 0 Å². The van der Waals surface area contributed by atoms with E-state index in [0.29, 0.717) is 6.04 Å².